The first kappa shape index (κ1) is 25.3. The molecule has 182 valence electrons. The summed E-state index contributed by atoms with van der Waals surface area (Å²) in [7, 11) is 0. The zero-order chi connectivity index (χ0) is 24.5. The molecule has 1 aliphatic heterocycles. The molecule has 2 amide bonds. The zero-order valence-electron chi connectivity index (χ0n) is 20.6. The molecule has 0 spiro atoms. The van der Waals surface area contributed by atoms with Gasteiger partial charge in [0.25, 0.3) is 11.8 Å². The van der Waals surface area contributed by atoms with Gasteiger partial charge in [-0.2, -0.15) is 0 Å². The second kappa shape index (κ2) is 12.2. The monoisotopic (exact) mass is 465 g/mol. The van der Waals surface area contributed by atoms with Crippen molar-refractivity contribution in [3.63, 3.8) is 0 Å². The van der Waals surface area contributed by atoms with Crippen LogP contribution in [0.15, 0.2) is 54.2 Å². The van der Waals surface area contributed by atoms with Crippen LogP contribution in [-0.2, 0) is 14.3 Å². The van der Waals surface area contributed by atoms with E-state index in [1.807, 2.05) is 62.4 Å². The van der Waals surface area contributed by atoms with Gasteiger partial charge in [0.15, 0.2) is 0 Å². The lowest BCUT2D eigenvalue weighted by Gasteiger charge is -2.21. The number of carbonyl (C=O) groups excluding carboxylic acids is 2. The summed E-state index contributed by atoms with van der Waals surface area (Å²) in [6.07, 6.45) is 0.591. The minimum absolute atomic E-state index is 0.293. The summed E-state index contributed by atoms with van der Waals surface area (Å²) in [4.78, 5) is 30.2. The smallest absolute Gasteiger partial charge is 0.278 e. The zero-order valence-corrected chi connectivity index (χ0v) is 20.6. The molecular formula is C27H35N3O4. The summed E-state index contributed by atoms with van der Waals surface area (Å²) < 4.78 is 10.9. The van der Waals surface area contributed by atoms with E-state index in [9.17, 15) is 9.59 Å². The lowest BCUT2D eigenvalue weighted by molar-refractivity contribution is -0.137. The van der Waals surface area contributed by atoms with Gasteiger partial charge in [-0.3, -0.25) is 14.5 Å². The highest BCUT2D eigenvalue weighted by Gasteiger charge is 2.38. The maximum absolute atomic E-state index is 13.3. The Hall–Kier alpha value is -3.32. The van der Waals surface area contributed by atoms with Gasteiger partial charge in [-0.25, -0.2) is 0 Å². The molecule has 0 aliphatic carbocycles. The Kier molecular flexibility index (Phi) is 9.10. The van der Waals surface area contributed by atoms with E-state index in [1.54, 1.807) is 0 Å². The molecule has 0 saturated carbocycles. The number of ether oxygens (including phenoxy) is 2. The standard InChI is InChI=1S/C27H35N3O4/c1-5-29(6-2)22-14-12-21(13-15-22)28-25-24(20-10-16-23(17-11-20)34-8-4)26(31)30(27(25)32)18-9-19-33-7-3/h10-17,28H,5-9,18-19H2,1-4H3. The largest absolute Gasteiger partial charge is 0.494 e. The topological polar surface area (TPSA) is 71.1 Å². The molecule has 0 aromatic heterocycles. The summed E-state index contributed by atoms with van der Waals surface area (Å²) in [5, 5.41) is 3.23. The van der Waals surface area contributed by atoms with Gasteiger partial charge in [0.2, 0.25) is 0 Å². The number of nitrogens with one attached hydrogen (secondary N) is 1. The fourth-order valence-corrected chi connectivity index (χ4v) is 4.01. The molecule has 7 nitrogen and oxygen atoms in total. The molecule has 0 bridgehead atoms. The molecule has 1 N–H and O–H groups in total. The number of anilines is 2. The predicted molar refractivity (Wildman–Crippen MR) is 136 cm³/mol. The maximum Gasteiger partial charge on any atom is 0.278 e. The van der Waals surface area contributed by atoms with Crippen LogP contribution < -0.4 is 15.0 Å². The molecule has 3 rings (SSSR count). The van der Waals surface area contributed by atoms with Gasteiger partial charge < -0.3 is 19.7 Å². The van der Waals surface area contributed by atoms with Crippen LogP contribution in [0.5, 0.6) is 5.75 Å². The van der Waals surface area contributed by atoms with Crippen molar-refractivity contribution < 1.29 is 19.1 Å². The Bertz CT molecular complexity index is 996. The van der Waals surface area contributed by atoms with Gasteiger partial charge in [0.1, 0.15) is 11.4 Å². The van der Waals surface area contributed by atoms with Crippen LogP contribution in [0.2, 0.25) is 0 Å². The van der Waals surface area contributed by atoms with Gasteiger partial charge in [0, 0.05) is 44.2 Å². The number of imide groups is 1. The molecule has 0 saturated heterocycles. The van der Waals surface area contributed by atoms with Crippen molar-refractivity contribution in [1.82, 2.24) is 4.90 Å². The number of benzene rings is 2. The molecule has 0 fully saturated rings. The molecule has 0 radical (unpaired) electrons. The minimum atomic E-state index is -0.321. The van der Waals surface area contributed by atoms with E-state index in [-0.39, 0.29) is 11.8 Å². The first-order valence-corrected chi connectivity index (χ1v) is 12.1. The average Bonchev–Trinajstić information content (AvgIpc) is 3.08. The maximum atomic E-state index is 13.3. The summed E-state index contributed by atoms with van der Waals surface area (Å²) in [6, 6.07) is 15.2. The van der Waals surface area contributed by atoms with E-state index in [1.165, 1.54) is 4.90 Å². The quantitative estimate of drug-likeness (QED) is 0.346. The van der Waals surface area contributed by atoms with Crippen molar-refractivity contribution in [2.45, 2.75) is 34.1 Å². The molecule has 0 atom stereocenters. The Balaban J connectivity index is 1.90. The van der Waals surface area contributed by atoms with Gasteiger partial charge in [0.05, 0.1) is 12.2 Å². The van der Waals surface area contributed by atoms with Crippen LogP contribution in [0.3, 0.4) is 0 Å². The van der Waals surface area contributed by atoms with Crippen molar-refractivity contribution in [1.29, 1.82) is 0 Å². The first-order valence-electron chi connectivity index (χ1n) is 12.1. The van der Waals surface area contributed by atoms with Crippen LogP contribution in [0, 0.1) is 0 Å². The lowest BCUT2D eigenvalue weighted by Crippen LogP contribution is -2.34. The molecular weight excluding hydrogens is 430 g/mol. The van der Waals surface area contributed by atoms with E-state index in [0.717, 1.165) is 30.2 Å². The number of carbonyl (C=O) groups is 2. The van der Waals surface area contributed by atoms with Crippen LogP contribution in [0.25, 0.3) is 5.57 Å². The number of nitrogens with zero attached hydrogens (tertiary/aromatic N) is 2. The van der Waals surface area contributed by atoms with E-state index >= 15 is 0 Å². The van der Waals surface area contributed by atoms with E-state index in [2.05, 4.69) is 24.1 Å². The third-order valence-corrected chi connectivity index (χ3v) is 5.76. The van der Waals surface area contributed by atoms with E-state index < -0.39 is 0 Å². The van der Waals surface area contributed by atoms with Gasteiger partial charge in [-0.05, 0) is 76.1 Å². The average molecular weight is 466 g/mol. The van der Waals surface area contributed by atoms with Crippen LogP contribution >= 0.6 is 0 Å². The molecule has 2 aromatic carbocycles. The Morgan fingerprint density at radius 1 is 0.853 bits per heavy atom. The van der Waals surface area contributed by atoms with Crippen LogP contribution in [-0.4, -0.2) is 56.2 Å². The second-order valence-corrected chi connectivity index (χ2v) is 7.86. The minimum Gasteiger partial charge on any atom is -0.494 e. The molecule has 2 aromatic rings. The summed E-state index contributed by atoms with van der Waals surface area (Å²) in [6.45, 7) is 11.9. The number of rotatable bonds is 13. The molecule has 0 unspecified atom stereocenters. The third-order valence-electron chi connectivity index (χ3n) is 5.76. The molecule has 1 heterocycles. The molecule has 1 aliphatic rings. The third kappa shape index (κ3) is 5.78. The van der Waals surface area contributed by atoms with Crippen molar-refractivity contribution in [3.05, 3.63) is 59.8 Å². The van der Waals surface area contributed by atoms with Crippen molar-refractivity contribution in [3.8, 4) is 5.75 Å². The molecule has 34 heavy (non-hydrogen) atoms. The van der Waals surface area contributed by atoms with Crippen molar-refractivity contribution in [2.24, 2.45) is 0 Å². The highest BCUT2D eigenvalue weighted by atomic mass is 16.5. The van der Waals surface area contributed by atoms with Gasteiger partial charge in [-0.1, -0.05) is 12.1 Å². The van der Waals surface area contributed by atoms with Gasteiger partial charge >= 0.3 is 0 Å². The Morgan fingerprint density at radius 3 is 2.12 bits per heavy atom. The second-order valence-electron chi connectivity index (χ2n) is 7.86. The van der Waals surface area contributed by atoms with E-state index in [4.69, 9.17) is 9.47 Å². The van der Waals surface area contributed by atoms with Crippen LogP contribution in [0.4, 0.5) is 11.4 Å². The predicted octanol–water partition coefficient (Wildman–Crippen LogP) is 4.55. The highest BCUT2D eigenvalue weighted by Crippen LogP contribution is 2.32. The first-order chi connectivity index (χ1) is 16.5. The Morgan fingerprint density at radius 2 is 1.53 bits per heavy atom. The normalized spacial score (nSPS) is 13.6. The number of amides is 2. The van der Waals surface area contributed by atoms with E-state index in [0.29, 0.717) is 49.6 Å². The highest BCUT2D eigenvalue weighted by molar-refractivity contribution is 6.36. The molecule has 7 heteroatoms. The van der Waals surface area contributed by atoms with Crippen LogP contribution in [0.1, 0.15) is 39.7 Å². The van der Waals surface area contributed by atoms with Crippen molar-refractivity contribution >= 4 is 28.8 Å². The summed E-state index contributed by atoms with van der Waals surface area (Å²) >= 11 is 0. The summed E-state index contributed by atoms with van der Waals surface area (Å²) in [5.41, 5.74) is 3.21. The fourth-order valence-electron chi connectivity index (χ4n) is 4.01. The van der Waals surface area contributed by atoms with Crippen molar-refractivity contribution in [2.75, 3.05) is 49.7 Å². The summed E-state index contributed by atoms with van der Waals surface area (Å²) in [5.74, 6) is 0.102. The fraction of sp³-hybridized carbons (Fsp3) is 0.407. The number of hydrogen-bond acceptors (Lipinski definition) is 6. The Labute approximate surface area is 202 Å². The SMILES string of the molecule is CCOCCCN1C(=O)C(Nc2ccc(N(CC)CC)cc2)=C(c2ccc(OCC)cc2)C1=O. The van der Waals surface area contributed by atoms with Gasteiger partial charge in [-0.15, -0.1) is 0 Å². The number of hydrogen-bond donors (Lipinski definition) is 1. The lowest BCUT2D eigenvalue weighted by atomic mass is 10.0.